The van der Waals surface area contributed by atoms with Crippen LogP contribution in [0.4, 0.5) is 4.79 Å². The summed E-state index contributed by atoms with van der Waals surface area (Å²) in [7, 11) is 0. The molecule has 1 aromatic heterocycles. The minimum absolute atomic E-state index is 0.177. The van der Waals surface area contributed by atoms with Gasteiger partial charge in [-0.1, -0.05) is 6.42 Å². The Morgan fingerprint density at radius 2 is 2.12 bits per heavy atom. The fraction of sp³-hybridized carbons (Fsp3) is 0.588. The molecule has 2 saturated carbocycles. The lowest BCUT2D eigenvalue weighted by Gasteiger charge is -2.20. The molecule has 2 fully saturated rings. The van der Waals surface area contributed by atoms with Gasteiger partial charge in [0, 0.05) is 6.42 Å². The van der Waals surface area contributed by atoms with E-state index in [1.807, 2.05) is 0 Å². The topological polar surface area (TPSA) is 97.6 Å². The summed E-state index contributed by atoms with van der Waals surface area (Å²) in [6, 6.07) is 2.76. The summed E-state index contributed by atoms with van der Waals surface area (Å²) in [5.74, 6) is 1.38. The van der Waals surface area contributed by atoms with Crippen LogP contribution < -0.4 is 10.6 Å². The minimum Gasteiger partial charge on any atom is -0.467 e. The summed E-state index contributed by atoms with van der Waals surface area (Å²) in [6.45, 7) is -0.260. The van der Waals surface area contributed by atoms with E-state index in [-0.39, 0.29) is 12.5 Å². The molecule has 0 radical (unpaired) electrons. The first-order valence-electron chi connectivity index (χ1n) is 8.36. The SMILES string of the molecule is O=C(COC(=O)C[C@H]1C[C@H]2CC[C@@H]1C2)NC(=O)NCc1ccco1. The molecule has 1 heterocycles. The number of imide groups is 1. The van der Waals surface area contributed by atoms with Gasteiger partial charge in [0.05, 0.1) is 12.8 Å². The Morgan fingerprint density at radius 1 is 1.25 bits per heavy atom. The monoisotopic (exact) mass is 334 g/mol. The van der Waals surface area contributed by atoms with Gasteiger partial charge >= 0.3 is 12.0 Å². The standard InChI is InChI=1S/C17H22N2O5/c20-15(19-17(22)18-9-14-2-1-5-23-14)10-24-16(21)8-13-7-11-3-4-12(13)6-11/h1-2,5,11-13H,3-4,6-10H2,(H2,18,19,20,22)/t11-,12+,13+/m0/s1. The molecule has 7 heteroatoms. The molecule has 0 aromatic carbocycles. The fourth-order valence-corrected chi connectivity index (χ4v) is 3.83. The van der Waals surface area contributed by atoms with Crippen LogP contribution in [0.15, 0.2) is 22.8 Å². The molecule has 0 spiro atoms. The quantitative estimate of drug-likeness (QED) is 0.775. The van der Waals surface area contributed by atoms with E-state index < -0.39 is 18.5 Å². The van der Waals surface area contributed by atoms with E-state index in [1.165, 1.54) is 25.5 Å². The van der Waals surface area contributed by atoms with E-state index >= 15 is 0 Å². The van der Waals surface area contributed by atoms with Crippen molar-refractivity contribution < 1.29 is 23.5 Å². The molecule has 2 N–H and O–H groups in total. The normalized spacial score (nSPS) is 24.6. The lowest BCUT2D eigenvalue weighted by molar-refractivity contribution is -0.149. The Balaban J connectivity index is 1.30. The van der Waals surface area contributed by atoms with E-state index in [1.54, 1.807) is 12.1 Å². The van der Waals surface area contributed by atoms with Crippen molar-refractivity contribution in [1.82, 2.24) is 10.6 Å². The first kappa shape index (κ1) is 16.5. The van der Waals surface area contributed by atoms with Crippen LogP contribution in [-0.4, -0.2) is 24.5 Å². The predicted octanol–water partition coefficient (Wildman–Crippen LogP) is 1.97. The Bertz CT molecular complexity index is 598. The van der Waals surface area contributed by atoms with Crippen LogP contribution in [-0.2, 0) is 20.9 Å². The van der Waals surface area contributed by atoms with Crippen molar-refractivity contribution >= 4 is 17.9 Å². The number of amides is 3. The van der Waals surface area contributed by atoms with Crippen LogP contribution >= 0.6 is 0 Å². The maximum Gasteiger partial charge on any atom is 0.321 e. The Labute approximate surface area is 140 Å². The van der Waals surface area contributed by atoms with Crippen molar-refractivity contribution in [3.63, 3.8) is 0 Å². The van der Waals surface area contributed by atoms with Crippen LogP contribution in [0.5, 0.6) is 0 Å². The summed E-state index contributed by atoms with van der Waals surface area (Å²) >= 11 is 0. The fourth-order valence-electron chi connectivity index (χ4n) is 3.83. The van der Waals surface area contributed by atoms with Crippen molar-refractivity contribution in [3.8, 4) is 0 Å². The van der Waals surface area contributed by atoms with E-state index in [0.717, 1.165) is 12.3 Å². The third kappa shape index (κ3) is 4.37. The second kappa shape index (κ2) is 7.51. The van der Waals surface area contributed by atoms with Gasteiger partial charge in [-0.05, 0) is 49.1 Å². The number of fused-ring (bicyclic) bond motifs is 2. The molecule has 7 nitrogen and oxygen atoms in total. The van der Waals surface area contributed by atoms with Crippen molar-refractivity contribution in [1.29, 1.82) is 0 Å². The number of esters is 1. The molecule has 130 valence electrons. The number of furan rings is 1. The van der Waals surface area contributed by atoms with Gasteiger partial charge < -0.3 is 14.5 Å². The molecule has 0 unspecified atom stereocenters. The highest BCUT2D eigenvalue weighted by atomic mass is 16.5. The van der Waals surface area contributed by atoms with E-state index in [4.69, 9.17) is 9.15 Å². The molecule has 2 aliphatic carbocycles. The van der Waals surface area contributed by atoms with Crippen LogP contribution in [0.25, 0.3) is 0 Å². The smallest absolute Gasteiger partial charge is 0.321 e. The van der Waals surface area contributed by atoms with Crippen LogP contribution in [0.3, 0.4) is 0 Å². The number of carbonyl (C=O) groups excluding carboxylic acids is 3. The second-order valence-electron chi connectivity index (χ2n) is 6.61. The average molecular weight is 334 g/mol. The zero-order valence-corrected chi connectivity index (χ0v) is 13.5. The molecule has 0 aliphatic heterocycles. The van der Waals surface area contributed by atoms with Crippen LogP contribution in [0, 0.1) is 17.8 Å². The number of ether oxygens (including phenoxy) is 1. The highest BCUT2D eigenvalue weighted by molar-refractivity contribution is 5.95. The van der Waals surface area contributed by atoms with Crippen LogP contribution in [0.1, 0.15) is 37.9 Å². The largest absolute Gasteiger partial charge is 0.467 e. The number of hydrogen-bond acceptors (Lipinski definition) is 5. The average Bonchev–Trinajstić information content (AvgIpc) is 3.28. The molecule has 24 heavy (non-hydrogen) atoms. The minimum atomic E-state index is -0.652. The van der Waals surface area contributed by atoms with E-state index in [2.05, 4.69) is 10.6 Å². The number of hydrogen-bond donors (Lipinski definition) is 2. The highest BCUT2D eigenvalue weighted by Gasteiger charge is 2.40. The Morgan fingerprint density at radius 3 is 2.79 bits per heavy atom. The first-order valence-corrected chi connectivity index (χ1v) is 8.36. The molecule has 3 rings (SSSR count). The predicted molar refractivity (Wildman–Crippen MR) is 83.6 cm³/mol. The molecule has 3 atom stereocenters. The zero-order valence-electron chi connectivity index (χ0n) is 13.5. The van der Waals surface area contributed by atoms with Crippen molar-refractivity contribution in [2.75, 3.05) is 6.61 Å². The van der Waals surface area contributed by atoms with Gasteiger partial charge in [-0.2, -0.15) is 0 Å². The van der Waals surface area contributed by atoms with Gasteiger partial charge in [0.15, 0.2) is 6.61 Å². The summed E-state index contributed by atoms with van der Waals surface area (Å²) in [4.78, 5) is 35.0. The number of nitrogens with one attached hydrogen (secondary N) is 2. The summed E-state index contributed by atoms with van der Waals surface area (Å²) < 4.78 is 10.0. The van der Waals surface area contributed by atoms with Crippen LogP contribution in [0.2, 0.25) is 0 Å². The van der Waals surface area contributed by atoms with Gasteiger partial charge in [-0.3, -0.25) is 14.9 Å². The third-order valence-corrected chi connectivity index (χ3v) is 4.93. The molecular formula is C17H22N2O5. The highest BCUT2D eigenvalue weighted by Crippen LogP contribution is 2.49. The molecule has 3 amide bonds. The van der Waals surface area contributed by atoms with Gasteiger partial charge in [0.1, 0.15) is 5.76 Å². The van der Waals surface area contributed by atoms with Gasteiger partial charge in [0.25, 0.3) is 5.91 Å². The van der Waals surface area contributed by atoms with Crippen molar-refractivity contribution in [3.05, 3.63) is 24.2 Å². The molecule has 2 aliphatic rings. The maximum absolute atomic E-state index is 11.8. The summed E-state index contributed by atoms with van der Waals surface area (Å²) in [6.07, 6.45) is 6.69. The zero-order chi connectivity index (χ0) is 16.9. The Kier molecular flexibility index (Phi) is 5.17. The molecule has 2 bridgehead atoms. The summed E-state index contributed by atoms with van der Waals surface area (Å²) in [5, 5.41) is 4.59. The number of carbonyl (C=O) groups is 3. The molecular weight excluding hydrogens is 312 g/mol. The maximum atomic E-state index is 11.8. The molecule has 1 aromatic rings. The number of rotatable bonds is 6. The Hall–Kier alpha value is -2.31. The lowest BCUT2D eigenvalue weighted by Crippen LogP contribution is -2.41. The van der Waals surface area contributed by atoms with Gasteiger partial charge in [0.2, 0.25) is 0 Å². The summed E-state index contributed by atoms with van der Waals surface area (Å²) in [5.41, 5.74) is 0. The van der Waals surface area contributed by atoms with Gasteiger partial charge in [-0.15, -0.1) is 0 Å². The van der Waals surface area contributed by atoms with Crippen molar-refractivity contribution in [2.24, 2.45) is 17.8 Å². The molecule has 0 saturated heterocycles. The van der Waals surface area contributed by atoms with Crippen molar-refractivity contribution in [2.45, 2.75) is 38.6 Å². The van der Waals surface area contributed by atoms with E-state index in [0.29, 0.717) is 24.0 Å². The van der Waals surface area contributed by atoms with E-state index in [9.17, 15) is 14.4 Å². The second-order valence-corrected chi connectivity index (χ2v) is 6.61. The third-order valence-electron chi connectivity index (χ3n) is 4.93. The first-order chi connectivity index (χ1) is 11.6. The van der Waals surface area contributed by atoms with Gasteiger partial charge in [-0.25, -0.2) is 4.79 Å². The number of urea groups is 1. The lowest BCUT2D eigenvalue weighted by atomic mass is 9.86.